The minimum absolute atomic E-state index is 0.0619. The average molecular weight is 410 g/mol. The molecule has 2 aliphatic heterocycles. The fraction of sp³-hybridized carbons (Fsp3) is 0.350. The van der Waals surface area contributed by atoms with E-state index >= 15 is 0 Å². The topological polar surface area (TPSA) is 112 Å². The van der Waals surface area contributed by atoms with Crippen LogP contribution in [0.2, 0.25) is 0 Å². The smallest absolute Gasteiger partial charge is 0.326 e. The number of hydrogen-bond donors (Lipinski definition) is 1. The first kappa shape index (κ1) is 19.8. The highest BCUT2D eigenvalue weighted by Crippen LogP contribution is 2.27. The zero-order valence-corrected chi connectivity index (χ0v) is 16.5. The van der Waals surface area contributed by atoms with E-state index in [1.807, 2.05) is 4.90 Å². The van der Waals surface area contributed by atoms with Gasteiger partial charge in [-0.25, -0.2) is 9.69 Å². The number of amides is 3. The van der Waals surface area contributed by atoms with Gasteiger partial charge in [-0.15, -0.1) is 0 Å². The normalized spacial score (nSPS) is 22.3. The van der Waals surface area contributed by atoms with E-state index in [4.69, 9.17) is 0 Å². The van der Waals surface area contributed by atoms with Crippen LogP contribution in [0.25, 0.3) is 0 Å². The summed E-state index contributed by atoms with van der Waals surface area (Å²) in [6.07, 6.45) is 1.60. The number of urea groups is 1. The van der Waals surface area contributed by atoms with Gasteiger partial charge in [-0.3, -0.25) is 24.8 Å². The monoisotopic (exact) mass is 410 g/mol. The summed E-state index contributed by atoms with van der Waals surface area (Å²) >= 11 is 0. The van der Waals surface area contributed by atoms with Crippen molar-refractivity contribution in [3.05, 3.63) is 64.5 Å². The quantitative estimate of drug-likeness (QED) is 0.452. The number of nitrogens with zero attached hydrogens (tertiary/aromatic N) is 5. The molecule has 0 radical (unpaired) electrons. The number of imide groups is 1. The van der Waals surface area contributed by atoms with Gasteiger partial charge in [0.1, 0.15) is 0 Å². The number of piperazine rings is 1. The Labute approximate surface area is 173 Å². The third-order valence-corrected chi connectivity index (χ3v) is 5.59. The summed E-state index contributed by atoms with van der Waals surface area (Å²) in [6, 6.07) is 11.3. The second-order valence-corrected chi connectivity index (χ2v) is 7.52. The Morgan fingerprint density at radius 3 is 2.40 bits per heavy atom. The Hall–Kier alpha value is -3.53. The van der Waals surface area contributed by atoms with E-state index in [1.165, 1.54) is 17.0 Å². The fourth-order valence-electron chi connectivity index (χ4n) is 3.79. The molecule has 10 nitrogen and oxygen atoms in total. The predicted octanol–water partition coefficient (Wildman–Crippen LogP) is 1.54. The van der Waals surface area contributed by atoms with Crippen molar-refractivity contribution in [1.82, 2.24) is 20.1 Å². The number of pyridine rings is 1. The van der Waals surface area contributed by atoms with Gasteiger partial charge in [0.15, 0.2) is 5.54 Å². The zero-order chi connectivity index (χ0) is 21.3. The van der Waals surface area contributed by atoms with Crippen LogP contribution < -0.4 is 10.2 Å². The molecule has 10 heteroatoms. The third kappa shape index (κ3) is 3.57. The first-order valence-corrected chi connectivity index (χ1v) is 9.66. The summed E-state index contributed by atoms with van der Waals surface area (Å²) in [7, 11) is 0. The maximum atomic E-state index is 13.0. The first-order chi connectivity index (χ1) is 14.4. The highest BCUT2D eigenvalue weighted by atomic mass is 16.6. The molecule has 2 fully saturated rings. The van der Waals surface area contributed by atoms with Crippen LogP contribution in [-0.2, 0) is 10.3 Å². The molecule has 0 unspecified atom stereocenters. The number of anilines is 1. The van der Waals surface area contributed by atoms with Gasteiger partial charge >= 0.3 is 6.03 Å². The largest absolute Gasteiger partial charge is 0.369 e. The van der Waals surface area contributed by atoms with Crippen molar-refractivity contribution in [2.24, 2.45) is 0 Å². The lowest BCUT2D eigenvalue weighted by molar-refractivity contribution is -0.384. The zero-order valence-electron chi connectivity index (χ0n) is 16.5. The minimum atomic E-state index is -1.17. The van der Waals surface area contributed by atoms with E-state index in [1.54, 1.807) is 43.5 Å². The van der Waals surface area contributed by atoms with Crippen LogP contribution in [-0.4, -0.2) is 64.5 Å². The van der Waals surface area contributed by atoms with Crippen molar-refractivity contribution in [3.8, 4) is 0 Å². The van der Waals surface area contributed by atoms with Crippen molar-refractivity contribution in [2.45, 2.75) is 12.5 Å². The number of nitrogens with one attached hydrogen (secondary N) is 1. The van der Waals surface area contributed by atoms with Crippen LogP contribution in [0.15, 0.2) is 48.7 Å². The molecule has 0 saturated carbocycles. The molecule has 0 bridgehead atoms. The SMILES string of the molecule is C[C@]1(c2ccccn2)NC(=O)N(CN2CCN(c3ccc([N+](=O)[O-])cc3)CC2)C1=O. The molecule has 1 aromatic carbocycles. The van der Waals surface area contributed by atoms with Crippen molar-refractivity contribution >= 4 is 23.3 Å². The number of aromatic nitrogens is 1. The van der Waals surface area contributed by atoms with E-state index in [-0.39, 0.29) is 18.3 Å². The third-order valence-electron chi connectivity index (χ3n) is 5.59. The van der Waals surface area contributed by atoms with E-state index in [9.17, 15) is 19.7 Å². The molecular weight excluding hydrogens is 388 g/mol. The van der Waals surface area contributed by atoms with Crippen LogP contribution in [0.3, 0.4) is 0 Å². The number of carbonyl (C=O) groups excluding carboxylic acids is 2. The Balaban J connectivity index is 1.37. The predicted molar refractivity (Wildman–Crippen MR) is 109 cm³/mol. The number of nitro groups is 1. The van der Waals surface area contributed by atoms with Gasteiger partial charge in [0, 0.05) is 50.2 Å². The maximum Gasteiger partial charge on any atom is 0.326 e. The molecule has 0 spiro atoms. The molecule has 3 amide bonds. The van der Waals surface area contributed by atoms with Gasteiger partial charge in [0.2, 0.25) is 0 Å². The lowest BCUT2D eigenvalue weighted by atomic mass is 9.97. The summed E-state index contributed by atoms with van der Waals surface area (Å²) in [6.45, 7) is 4.59. The molecule has 156 valence electrons. The Kier molecular flexibility index (Phi) is 5.08. The molecule has 2 aliphatic rings. The molecule has 3 heterocycles. The van der Waals surface area contributed by atoms with Gasteiger partial charge in [-0.05, 0) is 31.2 Å². The standard InChI is InChI=1S/C20H22N6O4/c1-20(17-4-2-3-9-21-17)18(27)25(19(28)22-20)14-23-10-12-24(13-11-23)15-5-7-16(8-6-15)26(29)30/h2-9H,10-14H2,1H3,(H,22,28)/t20-/m1/s1. The van der Waals surface area contributed by atoms with Crippen LogP contribution in [0, 0.1) is 10.1 Å². The molecule has 4 rings (SSSR count). The number of non-ortho nitro benzene ring substituents is 1. The van der Waals surface area contributed by atoms with Gasteiger partial charge in [-0.2, -0.15) is 0 Å². The Morgan fingerprint density at radius 2 is 1.80 bits per heavy atom. The lowest BCUT2D eigenvalue weighted by Gasteiger charge is -2.37. The number of nitro benzene ring substituents is 1. The van der Waals surface area contributed by atoms with E-state index in [2.05, 4.69) is 15.2 Å². The molecule has 1 aromatic heterocycles. The minimum Gasteiger partial charge on any atom is -0.369 e. The highest BCUT2D eigenvalue weighted by molar-refractivity contribution is 6.06. The maximum absolute atomic E-state index is 13.0. The van der Waals surface area contributed by atoms with Crippen LogP contribution in [0.5, 0.6) is 0 Å². The molecule has 1 atom stereocenters. The molecule has 30 heavy (non-hydrogen) atoms. The molecular formula is C20H22N6O4. The van der Waals surface area contributed by atoms with Crippen LogP contribution in [0.1, 0.15) is 12.6 Å². The summed E-state index contributed by atoms with van der Waals surface area (Å²) in [5.74, 6) is -0.316. The van der Waals surface area contributed by atoms with Gasteiger partial charge in [0.05, 0.1) is 17.3 Å². The van der Waals surface area contributed by atoms with Crippen molar-refractivity contribution < 1.29 is 14.5 Å². The average Bonchev–Trinajstić information content (AvgIpc) is 2.99. The van der Waals surface area contributed by atoms with Crippen molar-refractivity contribution in [1.29, 1.82) is 0 Å². The number of benzene rings is 1. The molecule has 2 saturated heterocycles. The van der Waals surface area contributed by atoms with Crippen LogP contribution in [0.4, 0.5) is 16.2 Å². The lowest BCUT2D eigenvalue weighted by Crippen LogP contribution is -2.51. The number of carbonyl (C=O) groups is 2. The Bertz CT molecular complexity index is 959. The van der Waals surface area contributed by atoms with Crippen molar-refractivity contribution in [3.63, 3.8) is 0 Å². The highest BCUT2D eigenvalue weighted by Gasteiger charge is 2.50. The van der Waals surface area contributed by atoms with E-state index in [0.717, 1.165) is 5.69 Å². The van der Waals surface area contributed by atoms with Gasteiger partial charge in [0.25, 0.3) is 11.6 Å². The first-order valence-electron chi connectivity index (χ1n) is 9.66. The Morgan fingerprint density at radius 1 is 1.10 bits per heavy atom. The van der Waals surface area contributed by atoms with E-state index < -0.39 is 16.5 Å². The molecule has 1 N–H and O–H groups in total. The second kappa shape index (κ2) is 7.71. The molecule has 0 aliphatic carbocycles. The van der Waals surface area contributed by atoms with Gasteiger partial charge in [-0.1, -0.05) is 6.07 Å². The number of rotatable bonds is 5. The summed E-state index contributed by atoms with van der Waals surface area (Å²) in [5, 5.41) is 13.6. The van der Waals surface area contributed by atoms with E-state index in [0.29, 0.717) is 31.9 Å². The van der Waals surface area contributed by atoms with Gasteiger partial charge < -0.3 is 10.2 Å². The molecule has 2 aromatic rings. The summed E-state index contributed by atoms with van der Waals surface area (Å²) < 4.78 is 0. The summed E-state index contributed by atoms with van der Waals surface area (Å²) in [5.41, 5.74) is 0.317. The number of hydrogen-bond acceptors (Lipinski definition) is 7. The fourth-order valence-corrected chi connectivity index (χ4v) is 3.79. The summed E-state index contributed by atoms with van der Waals surface area (Å²) in [4.78, 5) is 45.5. The van der Waals surface area contributed by atoms with Crippen LogP contribution >= 0.6 is 0 Å². The second-order valence-electron chi connectivity index (χ2n) is 7.52. The van der Waals surface area contributed by atoms with Crippen molar-refractivity contribution in [2.75, 3.05) is 37.7 Å².